The molecule has 7 nitrogen and oxygen atoms in total. The molecule has 3 aromatic rings. The second-order valence-corrected chi connectivity index (χ2v) is 12.4. The molecule has 3 aromatic carbocycles. The Balaban J connectivity index is 1.68. The number of hydrogen-bond donors (Lipinski definition) is 1. The van der Waals surface area contributed by atoms with Crippen molar-refractivity contribution in [1.82, 2.24) is 5.32 Å². The largest absolute Gasteiger partial charge is 0.496 e. The van der Waals surface area contributed by atoms with Crippen molar-refractivity contribution in [3.63, 3.8) is 0 Å². The van der Waals surface area contributed by atoms with Crippen molar-refractivity contribution in [2.75, 3.05) is 18.0 Å². The lowest BCUT2D eigenvalue weighted by Crippen LogP contribution is -2.51. The lowest BCUT2D eigenvalue weighted by atomic mass is 9.86. The molecule has 1 aliphatic heterocycles. The Morgan fingerprint density at radius 1 is 1.11 bits per heavy atom. The van der Waals surface area contributed by atoms with Gasteiger partial charge in [0.05, 0.1) is 30.3 Å². The van der Waals surface area contributed by atoms with E-state index in [4.69, 9.17) is 9.47 Å². The van der Waals surface area contributed by atoms with Gasteiger partial charge in [-0.3, -0.25) is 9.10 Å². The number of rotatable bonds is 7. The first-order valence-corrected chi connectivity index (χ1v) is 14.2. The molecule has 1 amide bonds. The van der Waals surface area contributed by atoms with E-state index in [-0.39, 0.29) is 28.8 Å². The lowest BCUT2D eigenvalue weighted by molar-refractivity contribution is -0.128. The number of sulfonamides is 1. The summed E-state index contributed by atoms with van der Waals surface area (Å²) in [5, 5.41) is 3.07. The first kappa shape index (κ1) is 27.5. The van der Waals surface area contributed by atoms with Gasteiger partial charge in [0.25, 0.3) is 15.9 Å². The fraction of sp³-hybridized carbons (Fsp3) is 0.367. The van der Waals surface area contributed by atoms with Crippen LogP contribution < -0.4 is 19.1 Å². The average Bonchev–Trinajstić information content (AvgIpc) is 2.90. The molecule has 2 atom stereocenters. The molecule has 1 N–H and O–H groups in total. The van der Waals surface area contributed by atoms with Crippen LogP contribution in [0, 0.1) is 6.92 Å². The average molecular weight is 537 g/mol. The number of anilines is 1. The van der Waals surface area contributed by atoms with Crippen LogP contribution in [-0.2, 0) is 20.2 Å². The zero-order chi connectivity index (χ0) is 27.7. The van der Waals surface area contributed by atoms with Crippen LogP contribution in [0.25, 0.3) is 0 Å². The molecule has 0 spiro atoms. The standard InChI is InChI=1S/C30H36N2O5S/c1-7-24(21-13-15-26(36-6)20(2)17-21)31-29(33)28-19-32(38(34,35)23-11-9-8-10-12-23)25-18-22(30(3,4)5)14-16-27(25)37-28/h8-18,24,28H,7,19H2,1-6H3,(H,31,33). The summed E-state index contributed by atoms with van der Waals surface area (Å²) < 4.78 is 40.4. The second kappa shape index (κ2) is 10.7. The van der Waals surface area contributed by atoms with Gasteiger partial charge in [-0.15, -0.1) is 0 Å². The summed E-state index contributed by atoms with van der Waals surface area (Å²) in [4.78, 5) is 13.7. The molecule has 0 fully saturated rings. The number of aryl methyl sites for hydroxylation is 1. The maximum atomic E-state index is 13.8. The van der Waals surface area contributed by atoms with Gasteiger partial charge in [0, 0.05) is 0 Å². The predicted octanol–water partition coefficient (Wildman–Crippen LogP) is 5.52. The van der Waals surface area contributed by atoms with Crippen LogP contribution in [-0.4, -0.2) is 34.1 Å². The van der Waals surface area contributed by atoms with Crippen LogP contribution in [0.15, 0.2) is 71.6 Å². The molecule has 0 aliphatic carbocycles. The molecule has 8 heteroatoms. The molecular formula is C30H36N2O5S. The summed E-state index contributed by atoms with van der Waals surface area (Å²) in [6.45, 7) is 10.0. The van der Waals surface area contributed by atoms with Crippen molar-refractivity contribution in [3.8, 4) is 11.5 Å². The van der Waals surface area contributed by atoms with Crippen molar-refractivity contribution in [2.45, 2.75) is 63.5 Å². The van der Waals surface area contributed by atoms with E-state index >= 15 is 0 Å². The summed E-state index contributed by atoms with van der Waals surface area (Å²) in [5.74, 6) is 0.764. The molecule has 1 aliphatic rings. The fourth-order valence-corrected chi connectivity index (χ4v) is 6.09. The van der Waals surface area contributed by atoms with E-state index in [0.717, 1.165) is 22.4 Å². The van der Waals surface area contributed by atoms with Gasteiger partial charge in [-0.25, -0.2) is 8.42 Å². The summed E-state index contributed by atoms with van der Waals surface area (Å²) in [5.41, 5.74) is 3.12. The molecule has 2 unspecified atom stereocenters. The maximum Gasteiger partial charge on any atom is 0.264 e. The van der Waals surface area contributed by atoms with E-state index < -0.39 is 16.1 Å². The van der Waals surface area contributed by atoms with Crippen LogP contribution in [0.4, 0.5) is 5.69 Å². The molecule has 1 heterocycles. The number of carbonyl (C=O) groups excluding carboxylic acids is 1. The van der Waals surface area contributed by atoms with E-state index in [0.29, 0.717) is 17.9 Å². The Bertz CT molecular complexity index is 1410. The summed E-state index contributed by atoms with van der Waals surface area (Å²) in [7, 11) is -2.32. The van der Waals surface area contributed by atoms with Gasteiger partial charge >= 0.3 is 0 Å². The molecule has 0 saturated heterocycles. The molecule has 0 aromatic heterocycles. The van der Waals surface area contributed by atoms with Gasteiger partial charge < -0.3 is 14.8 Å². The van der Waals surface area contributed by atoms with Crippen LogP contribution in [0.1, 0.15) is 56.8 Å². The third-order valence-corrected chi connectivity index (χ3v) is 8.66. The molecular weight excluding hydrogens is 500 g/mol. The maximum absolute atomic E-state index is 13.8. The van der Waals surface area contributed by atoms with Gasteiger partial charge in [-0.1, -0.05) is 64.1 Å². The van der Waals surface area contributed by atoms with Crippen LogP contribution in [0.3, 0.4) is 0 Å². The normalized spacial score (nSPS) is 16.3. The lowest BCUT2D eigenvalue weighted by Gasteiger charge is -2.36. The Kier molecular flexibility index (Phi) is 7.74. The highest BCUT2D eigenvalue weighted by Gasteiger charge is 2.38. The smallest absolute Gasteiger partial charge is 0.264 e. The number of hydrogen-bond acceptors (Lipinski definition) is 5. The van der Waals surface area contributed by atoms with Crippen LogP contribution >= 0.6 is 0 Å². The van der Waals surface area contributed by atoms with E-state index in [1.807, 2.05) is 44.2 Å². The van der Waals surface area contributed by atoms with Gasteiger partial charge in [-0.2, -0.15) is 0 Å². The van der Waals surface area contributed by atoms with E-state index in [2.05, 4.69) is 26.1 Å². The molecule has 38 heavy (non-hydrogen) atoms. The Morgan fingerprint density at radius 3 is 2.42 bits per heavy atom. The predicted molar refractivity (Wildman–Crippen MR) is 149 cm³/mol. The number of methoxy groups -OCH3 is 1. The molecule has 202 valence electrons. The number of nitrogens with one attached hydrogen (secondary N) is 1. The first-order valence-electron chi connectivity index (χ1n) is 12.8. The Labute approximate surface area is 225 Å². The number of benzene rings is 3. The van der Waals surface area contributed by atoms with E-state index in [9.17, 15) is 13.2 Å². The number of nitrogens with zero attached hydrogens (tertiary/aromatic N) is 1. The Hall–Kier alpha value is -3.52. The summed E-state index contributed by atoms with van der Waals surface area (Å²) in [6.07, 6.45) is -0.364. The highest BCUT2D eigenvalue weighted by molar-refractivity contribution is 7.92. The molecule has 0 radical (unpaired) electrons. The van der Waals surface area contributed by atoms with Crippen molar-refractivity contribution < 1.29 is 22.7 Å². The third kappa shape index (κ3) is 5.50. The summed E-state index contributed by atoms with van der Waals surface area (Å²) in [6, 6.07) is 19.3. The monoisotopic (exact) mass is 536 g/mol. The van der Waals surface area contributed by atoms with Crippen molar-refractivity contribution in [3.05, 3.63) is 83.4 Å². The number of amides is 1. The quantitative estimate of drug-likeness (QED) is 0.430. The number of carbonyl (C=O) groups is 1. The minimum Gasteiger partial charge on any atom is -0.496 e. The SMILES string of the molecule is CCC(NC(=O)C1CN(S(=O)(=O)c2ccccc2)c2cc(C(C)(C)C)ccc2O1)c1ccc(OC)c(C)c1. The number of fused-ring (bicyclic) bond motifs is 1. The van der Waals surface area contributed by atoms with Crippen LogP contribution in [0.2, 0.25) is 0 Å². The van der Waals surface area contributed by atoms with E-state index in [1.165, 1.54) is 4.31 Å². The third-order valence-electron chi connectivity index (χ3n) is 6.86. The number of ether oxygens (including phenoxy) is 2. The molecule has 0 saturated carbocycles. The Morgan fingerprint density at radius 2 is 1.82 bits per heavy atom. The molecule has 4 rings (SSSR count). The van der Waals surface area contributed by atoms with Gasteiger partial charge in [0.2, 0.25) is 0 Å². The molecule has 0 bridgehead atoms. The summed E-state index contributed by atoms with van der Waals surface area (Å²) >= 11 is 0. The highest BCUT2D eigenvalue weighted by atomic mass is 32.2. The zero-order valence-electron chi connectivity index (χ0n) is 22.8. The van der Waals surface area contributed by atoms with Gasteiger partial charge in [0.15, 0.2) is 6.10 Å². The topological polar surface area (TPSA) is 84.9 Å². The van der Waals surface area contributed by atoms with Crippen molar-refractivity contribution in [2.24, 2.45) is 0 Å². The van der Waals surface area contributed by atoms with Crippen molar-refractivity contribution in [1.29, 1.82) is 0 Å². The van der Waals surface area contributed by atoms with E-state index in [1.54, 1.807) is 43.5 Å². The highest BCUT2D eigenvalue weighted by Crippen LogP contribution is 2.40. The second-order valence-electron chi connectivity index (χ2n) is 10.6. The zero-order valence-corrected chi connectivity index (χ0v) is 23.6. The minimum absolute atomic E-state index is 0.137. The van der Waals surface area contributed by atoms with Gasteiger partial charge in [-0.05, 0) is 65.8 Å². The van der Waals surface area contributed by atoms with Crippen molar-refractivity contribution >= 4 is 21.6 Å². The minimum atomic E-state index is -3.94. The van der Waals surface area contributed by atoms with Crippen LogP contribution in [0.5, 0.6) is 11.5 Å². The first-order chi connectivity index (χ1) is 18.0. The van der Waals surface area contributed by atoms with Gasteiger partial charge in [0.1, 0.15) is 11.5 Å². The fourth-order valence-electron chi connectivity index (χ4n) is 4.61.